The van der Waals surface area contributed by atoms with Gasteiger partial charge in [-0.3, -0.25) is 0 Å². The quantitative estimate of drug-likeness (QED) is 0.0856. The highest BCUT2D eigenvalue weighted by molar-refractivity contribution is 6.15. The molecule has 1 aliphatic rings. The number of para-hydroxylation sites is 3. The highest BCUT2D eigenvalue weighted by atomic mass is 16.3. The molecule has 2 aromatic heterocycles. The predicted molar refractivity (Wildman–Crippen MR) is 251 cm³/mol. The predicted octanol–water partition coefficient (Wildman–Crippen LogP) is 13.9. The number of aromatic nitrogens is 1. The molecule has 6 nitrogen and oxygen atoms in total. The molecule has 286 valence electrons. The van der Waals surface area contributed by atoms with Gasteiger partial charge in [0.2, 0.25) is 0 Å². The molecule has 0 spiro atoms. The minimum atomic E-state index is 0.368. The fourth-order valence-corrected chi connectivity index (χ4v) is 7.90. The summed E-state index contributed by atoms with van der Waals surface area (Å²) in [6.45, 7) is 10.6. The van der Waals surface area contributed by atoms with Crippen molar-refractivity contribution in [3.63, 3.8) is 0 Å². The number of anilines is 2. The molecule has 59 heavy (non-hydrogen) atoms. The van der Waals surface area contributed by atoms with Crippen LogP contribution in [-0.4, -0.2) is 23.0 Å². The Bertz CT molecular complexity index is 3040. The second kappa shape index (κ2) is 16.5. The highest BCUT2D eigenvalue weighted by Crippen LogP contribution is 2.35. The Hall–Kier alpha value is -7.57. The van der Waals surface area contributed by atoms with E-state index in [1.165, 1.54) is 21.9 Å². The zero-order valence-electron chi connectivity index (χ0n) is 33.0. The first kappa shape index (κ1) is 37.0. The molecule has 1 aliphatic carbocycles. The molecule has 2 heterocycles. The Balaban J connectivity index is 1.10. The third kappa shape index (κ3) is 7.52. The third-order valence-corrected chi connectivity index (χ3v) is 10.9. The maximum absolute atomic E-state index is 6.47. The van der Waals surface area contributed by atoms with Gasteiger partial charge in [-0.25, -0.2) is 15.0 Å². The molecule has 0 atom stereocenters. The standard InChI is InChI=1S/C53H43N5O/c1-4-5-7-16-36(2)42-19-10-13-22-47(42)56-41-30-31-45-46-33-40(29-32-50(46)59-51(45)34-41)53(55-35-58-48-23-14-11-20-43(48)44-21-12-15-24-49(44)58)57-52(54-3)39-27-25-38(26-28-39)37-17-8-6-9-18-37/h4-25,27,29-34,56H,2-3,26,28,35H2,1H3/b5-4-,16-7-,55-53-,57-52-. The van der Waals surface area contributed by atoms with Crippen LogP contribution < -0.4 is 5.32 Å². The second-order valence-electron chi connectivity index (χ2n) is 14.5. The largest absolute Gasteiger partial charge is 0.456 e. The van der Waals surface area contributed by atoms with Gasteiger partial charge in [-0.05, 0) is 97.3 Å². The molecule has 0 aliphatic heterocycles. The zero-order chi connectivity index (χ0) is 40.1. The van der Waals surface area contributed by atoms with Gasteiger partial charge < -0.3 is 14.3 Å². The van der Waals surface area contributed by atoms with Gasteiger partial charge in [-0.1, -0.05) is 128 Å². The number of fused-ring (bicyclic) bond motifs is 6. The summed E-state index contributed by atoms with van der Waals surface area (Å²) in [5, 5.41) is 7.97. The van der Waals surface area contributed by atoms with Crippen LogP contribution in [0.1, 0.15) is 36.5 Å². The Labute approximate surface area is 344 Å². The van der Waals surface area contributed by atoms with Crippen LogP contribution in [0.4, 0.5) is 11.4 Å². The molecule has 0 bridgehead atoms. The zero-order valence-corrected chi connectivity index (χ0v) is 33.0. The van der Waals surface area contributed by atoms with Crippen LogP contribution in [0.15, 0.2) is 208 Å². The Morgan fingerprint density at radius 2 is 1.46 bits per heavy atom. The lowest BCUT2D eigenvalue weighted by molar-refractivity contribution is 0.669. The number of amidine groups is 2. The van der Waals surface area contributed by atoms with Crippen molar-refractivity contribution in [1.29, 1.82) is 0 Å². The first-order chi connectivity index (χ1) is 29.1. The lowest BCUT2D eigenvalue weighted by Crippen LogP contribution is -2.09. The van der Waals surface area contributed by atoms with E-state index >= 15 is 0 Å². The summed E-state index contributed by atoms with van der Waals surface area (Å²) in [6, 6.07) is 48.1. The third-order valence-electron chi connectivity index (χ3n) is 10.9. The van der Waals surface area contributed by atoms with Crippen LogP contribution in [-0.2, 0) is 6.67 Å². The van der Waals surface area contributed by atoms with Crippen LogP contribution in [0.25, 0.3) is 54.9 Å². The number of aliphatic imine (C=N–C) groups is 3. The van der Waals surface area contributed by atoms with E-state index in [0.29, 0.717) is 18.3 Å². The summed E-state index contributed by atoms with van der Waals surface area (Å²) in [5.74, 6) is 1.14. The van der Waals surface area contributed by atoms with Gasteiger partial charge in [0.1, 0.15) is 17.8 Å². The van der Waals surface area contributed by atoms with Crippen molar-refractivity contribution in [3.8, 4) is 0 Å². The summed E-state index contributed by atoms with van der Waals surface area (Å²) in [7, 11) is 0. The Morgan fingerprint density at radius 3 is 2.20 bits per heavy atom. The van der Waals surface area contributed by atoms with E-state index in [9.17, 15) is 0 Å². The summed E-state index contributed by atoms with van der Waals surface area (Å²) >= 11 is 0. The normalized spacial score (nSPS) is 13.8. The average Bonchev–Trinajstić information content (AvgIpc) is 3.81. The number of hydrogen-bond donors (Lipinski definition) is 1. The maximum Gasteiger partial charge on any atom is 0.158 e. The Kier molecular flexibility index (Phi) is 10.4. The maximum atomic E-state index is 6.47. The second-order valence-corrected chi connectivity index (χ2v) is 14.5. The van der Waals surface area contributed by atoms with E-state index in [4.69, 9.17) is 14.4 Å². The molecule has 0 saturated heterocycles. The molecule has 8 aromatic rings. The van der Waals surface area contributed by atoms with Gasteiger partial charge in [0.25, 0.3) is 0 Å². The van der Waals surface area contributed by atoms with Gasteiger partial charge in [0.05, 0.1) is 11.0 Å². The van der Waals surface area contributed by atoms with E-state index < -0.39 is 0 Å². The molecule has 6 heteroatoms. The average molecular weight is 766 g/mol. The number of nitrogens with one attached hydrogen (secondary N) is 1. The highest BCUT2D eigenvalue weighted by Gasteiger charge is 2.17. The molecule has 0 amide bonds. The topological polar surface area (TPSA) is 67.2 Å². The lowest BCUT2D eigenvalue weighted by atomic mass is 9.93. The van der Waals surface area contributed by atoms with Gasteiger partial charge in [-0.15, -0.1) is 0 Å². The molecule has 0 fully saturated rings. The summed E-state index contributed by atoms with van der Waals surface area (Å²) in [6.07, 6.45) is 14.0. The van der Waals surface area contributed by atoms with E-state index in [1.807, 2.05) is 67.6 Å². The van der Waals surface area contributed by atoms with Crippen LogP contribution >= 0.6 is 0 Å². The number of benzene rings is 6. The molecule has 9 rings (SSSR count). The molecular weight excluding hydrogens is 723 g/mol. The molecule has 0 unspecified atom stereocenters. The number of allylic oxidation sites excluding steroid dienone is 8. The van der Waals surface area contributed by atoms with Crippen molar-refractivity contribution in [2.45, 2.75) is 26.4 Å². The minimum Gasteiger partial charge on any atom is -0.456 e. The molecular formula is C53H43N5O. The van der Waals surface area contributed by atoms with Crippen molar-refractivity contribution >= 4 is 84.7 Å². The van der Waals surface area contributed by atoms with Gasteiger partial charge in [0, 0.05) is 50.1 Å². The fraction of sp³-hybridized carbons (Fsp3) is 0.0755. The first-order valence-electron chi connectivity index (χ1n) is 19.9. The molecule has 0 radical (unpaired) electrons. The monoisotopic (exact) mass is 765 g/mol. The lowest BCUT2D eigenvalue weighted by Gasteiger charge is -2.15. The van der Waals surface area contributed by atoms with Crippen LogP contribution in [0.3, 0.4) is 0 Å². The van der Waals surface area contributed by atoms with Gasteiger partial charge in [-0.2, -0.15) is 0 Å². The van der Waals surface area contributed by atoms with Crippen molar-refractivity contribution in [2.75, 3.05) is 5.32 Å². The van der Waals surface area contributed by atoms with Crippen LogP contribution in [0.5, 0.6) is 0 Å². The number of rotatable bonds is 10. The minimum absolute atomic E-state index is 0.368. The number of furan rings is 1. The summed E-state index contributed by atoms with van der Waals surface area (Å²) in [4.78, 5) is 14.9. The Morgan fingerprint density at radius 1 is 0.712 bits per heavy atom. The van der Waals surface area contributed by atoms with Crippen LogP contribution in [0, 0.1) is 0 Å². The van der Waals surface area contributed by atoms with Crippen molar-refractivity contribution in [2.24, 2.45) is 15.0 Å². The van der Waals surface area contributed by atoms with Gasteiger partial charge in [0.15, 0.2) is 11.7 Å². The first-order valence-corrected chi connectivity index (χ1v) is 19.9. The van der Waals surface area contributed by atoms with Crippen molar-refractivity contribution in [1.82, 2.24) is 4.57 Å². The van der Waals surface area contributed by atoms with Gasteiger partial charge >= 0.3 is 0 Å². The smallest absolute Gasteiger partial charge is 0.158 e. The SMILES string of the molecule is C=N/C(=N\C(=N/Cn1c2ccccc2c2ccccc21)c1ccc2oc3cc(Nc4ccccc4C(=C)/C=C\C=C/C)ccc3c2c1)C1=CC=C(c2ccccc2)CC1. The number of nitrogens with zero attached hydrogens (tertiary/aromatic N) is 4. The summed E-state index contributed by atoms with van der Waals surface area (Å²) in [5.41, 5.74) is 12.0. The molecule has 6 aromatic carbocycles. The molecule has 0 saturated carbocycles. The van der Waals surface area contributed by atoms with E-state index in [0.717, 1.165) is 79.5 Å². The van der Waals surface area contributed by atoms with E-state index in [-0.39, 0.29) is 0 Å². The van der Waals surface area contributed by atoms with Crippen molar-refractivity contribution < 1.29 is 4.42 Å². The van der Waals surface area contributed by atoms with E-state index in [1.54, 1.807) is 0 Å². The molecule has 1 N–H and O–H groups in total. The van der Waals surface area contributed by atoms with E-state index in [2.05, 4.69) is 143 Å². The fourth-order valence-electron chi connectivity index (χ4n) is 7.90. The number of hydrogen-bond acceptors (Lipinski definition) is 3. The van der Waals surface area contributed by atoms with Crippen molar-refractivity contribution in [3.05, 3.63) is 205 Å². The summed E-state index contributed by atoms with van der Waals surface area (Å²) < 4.78 is 8.72. The van der Waals surface area contributed by atoms with Crippen LogP contribution in [0.2, 0.25) is 0 Å².